The first-order chi connectivity index (χ1) is 15.1. The SMILES string of the molecule is O=C1OCc2cc(NC(=O)C(O)(CC3(c4ccccc4)CCCCC3)C(F)(F)F)ccc21. The number of carbonyl (C=O) groups is 2. The Kier molecular flexibility index (Phi) is 5.75. The number of carbonyl (C=O) groups excluding carboxylic acids is 2. The monoisotopic (exact) mass is 447 g/mol. The maximum atomic E-state index is 14.2. The molecule has 1 fully saturated rings. The number of fused-ring (bicyclic) bond motifs is 1. The Morgan fingerprint density at radius 1 is 1.06 bits per heavy atom. The molecule has 2 aromatic rings. The first-order valence-corrected chi connectivity index (χ1v) is 10.6. The van der Waals surface area contributed by atoms with Crippen molar-refractivity contribution in [1.29, 1.82) is 0 Å². The fraction of sp³-hybridized carbons (Fsp3) is 0.417. The molecular weight excluding hydrogens is 423 g/mol. The fourth-order valence-electron chi connectivity index (χ4n) is 4.83. The maximum Gasteiger partial charge on any atom is 0.426 e. The predicted octanol–water partition coefficient (Wildman–Crippen LogP) is 4.88. The topological polar surface area (TPSA) is 75.6 Å². The van der Waals surface area contributed by atoms with Crippen molar-refractivity contribution in [2.45, 2.75) is 62.3 Å². The van der Waals surface area contributed by atoms with Crippen LogP contribution >= 0.6 is 0 Å². The molecule has 1 aliphatic carbocycles. The maximum absolute atomic E-state index is 14.2. The molecule has 1 atom stereocenters. The normalized spacial score (nSPS) is 19.6. The molecule has 1 unspecified atom stereocenters. The fourth-order valence-corrected chi connectivity index (χ4v) is 4.83. The Labute approximate surface area is 183 Å². The third-order valence-corrected chi connectivity index (χ3v) is 6.58. The van der Waals surface area contributed by atoms with Gasteiger partial charge in [-0.15, -0.1) is 0 Å². The van der Waals surface area contributed by atoms with Gasteiger partial charge in [-0.05, 0) is 42.0 Å². The highest BCUT2D eigenvalue weighted by atomic mass is 19.4. The van der Waals surface area contributed by atoms with E-state index in [4.69, 9.17) is 4.74 Å². The Bertz CT molecular complexity index is 1020. The van der Waals surface area contributed by atoms with Crippen molar-refractivity contribution in [2.75, 3.05) is 5.32 Å². The molecule has 2 N–H and O–H groups in total. The Balaban J connectivity index is 1.66. The number of esters is 1. The minimum absolute atomic E-state index is 0.0153. The zero-order valence-corrected chi connectivity index (χ0v) is 17.4. The van der Waals surface area contributed by atoms with Crippen molar-refractivity contribution < 1.29 is 32.6 Å². The minimum Gasteiger partial charge on any atom is -0.457 e. The summed E-state index contributed by atoms with van der Waals surface area (Å²) < 4.78 is 47.5. The van der Waals surface area contributed by atoms with Crippen LogP contribution < -0.4 is 5.32 Å². The molecule has 2 aliphatic rings. The number of ether oxygens (including phenoxy) is 1. The highest BCUT2D eigenvalue weighted by Crippen LogP contribution is 2.49. The Morgan fingerprint density at radius 2 is 1.75 bits per heavy atom. The van der Waals surface area contributed by atoms with E-state index in [1.807, 2.05) is 0 Å². The van der Waals surface area contributed by atoms with Crippen molar-refractivity contribution in [1.82, 2.24) is 0 Å². The summed E-state index contributed by atoms with van der Waals surface area (Å²) in [6, 6.07) is 12.9. The van der Waals surface area contributed by atoms with Gasteiger partial charge in [0, 0.05) is 17.7 Å². The number of amides is 1. The predicted molar refractivity (Wildman–Crippen MR) is 111 cm³/mol. The van der Waals surface area contributed by atoms with Gasteiger partial charge in [0.2, 0.25) is 5.60 Å². The average Bonchev–Trinajstić information content (AvgIpc) is 3.14. The summed E-state index contributed by atoms with van der Waals surface area (Å²) >= 11 is 0. The molecule has 32 heavy (non-hydrogen) atoms. The highest BCUT2D eigenvalue weighted by molar-refractivity contribution is 5.99. The van der Waals surface area contributed by atoms with Crippen LogP contribution in [0.4, 0.5) is 18.9 Å². The van der Waals surface area contributed by atoms with Gasteiger partial charge in [0.15, 0.2) is 0 Å². The van der Waals surface area contributed by atoms with Crippen LogP contribution in [0, 0.1) is 0 Å². The van der Waals surface area contributed by atoms with Crippen LogP contribution in [0.2, 0.25) is 0 Å². The summed E-state index contributed by atoms with van der Waals surface area (Å²) in [5.41, 5.74) is -3.00. The molecule has 170 valence electrons. The van der Waals surface area contributed by atoms with E-state index in [1.54, 1.807) is 30.3 Å². The van der Waals surface area contributed by atoms with E-state index in [1.165, 1.54) is 18.2 Å². The van der Waals surface area contributed by atoms with Crippen LogP contribution in [-0.2, 0) is 21.6 Å². The van der Waals surface area contributed by atoms with Gasteiger partial charge in [-0.3, -0.25) is 4.79 Å². The molecular formula is C24H24F3NO4. The molecule has 0 bridgehead atoms. The first kappa shape index (κ1) is 22.3. The first-order valence-electron chi connectivity index (χ1n) is 10.6. The van der Waals surface area contributed by atoms with E-state index in [0.717, 1.165) is 19.3 Å². The van der Waals surface area contributed by atoms with Crippen molar-refractivity contribution in [3.8, 4) is 0 Å². The van der Waals surface area contributed by atoms with Crippen molar-refractivity contribution in [2.24, 2.45) is 0 Å². The zero-order chi connectivity index (χ0) is 23.0. The standard InChI is InChI=1S/C24H24F3NO4/c25-24(26,27)23(31,15-22(11-5-2-6-12-22)17-7-3-1-4-8-17)21(30)28-18-9-10-19-16(13-18)14-32-20(19)29/h1,3-4,7-10,13,31H,2,5-6,11-12,14-15H2,(H,28,30). The molecule has 4 rings (SSSR count). The molecule has 1 heterocycles. The van der Waals surface area contributed by atoms with E-state index >= 15 is 0 Å². The second-order valence-electron chi connectivity index (χ2n) is 8.64. The van der Waals surface area contributed by atoms with Crippen LogP contribution in [0.25, 0.3) is 0 Å². The third-order valence-electron chi connectivity index (χ3n) is 6.58. The molecule has 1 amide bonds. The number of nitrogens with one attached hydrogen (secondary N) is 1. The van der Waals surface area contributed by atoms with E-state index in [9.17, 15) is 27.9 Å². The Morgan fingerprint density at radius 3 is 2.41 bits per heavy atom. The van der Waals surface area contributed by atoms with Gasteiger partial charge in [0.1, 0.15) is 6.61 Å². The van der Waals surface area contributed by atoms with E-state index in [0.29, 0.717) is 29.5 Å². The Hall–Kier alpha value is -2.87. The van der Waals surface area contributed by atoms with E-state index in [-0.39, 0.29) is 12.3 Å². The minimum atomic E-state index is -5.17. The lowest BCUT2D eigenvalue weighted by Crippen LogP contribution is -2.58. The van der Waals surface area contributed by atoms with Gasteiger partial charge in [-0.25, -0.2) is 4.79 Å². The van der Waals surface area contributed by atoms with Crippen molar-refractivity contribution in [3.63, 3.8) is 0 Å². The van der Waals surface area contributed by atoms with Gasteiger partial charge in [0.05, 0.1) is 5.56 Å². The summed E-state index contributed by atoms with van der Waals surface area (Å²) in [7, 11) is 0. The number of benzene rings is 2. The summed E-state index contributed by atoms with van der Waals surface area (Å²) in [6.07, 6.45) is -2.66. The number of alkyl halides is 3. The summed E-state index contributed by atoms with van der Waals surface area (Å²) in [5.74, 6) is -2.05. The van der Waals surface area contributed by atoms with Gasteiger partial charge in [0.25, 0.3) is 5.91 Å². The second kappa shape index (κ2) is 8.24. The lowest BCUT2D eigenvalue weighted by molar-refractivity contribution is -0.256. The number of aliphatic hydroxyl groups is 1. The number of hydrogen-bond donors (Lipinski definition) is 2. The molecule has 8 heteroatoms. The van der Waals surface area contributed by atoms with Gasteiger partial charge in [-0.2, -0.15) is 13.2 Å². The molecule has 0 saturated heterocycles. The number of anilines is 1. The number of hydrogen-bond acceptors (Lipinski definition) is 4. The van der Waals surface area contributed by atoms with Gasteiger partial charge < -0.3 is 15.2 Å². The molecule has 5 nitrogen and oxygen atoms in total. The lowest BCUT2D eigenvalue weighted by atomic mass is 9.64. The summed E-state index contributed by atoms with van der Waals surface area (Å²) in [6.45, 7) is -0.0153. The van der Waals surface area contributed by atoms with E-state index < -0.39 is 35.5 Å². The molecule has 0 aromatic heterocycles. The number of cyclic esters (lactones) is 1. The van der Waals surface area contributed by atoms with Crippen LogP contribution in [0.1, 0.15) is 60.0 Å². The van der Waals surface area contributed by atoms with Crippen LogP contribution in [0.3, 0.4) is 0 Å². The van der Waals surface area contributed by atoms with Gasteiger partial charge >= 0.3 is 12.1 Å². The van der Waals surface area contributed by atoms with Crippen LogP contribution in [0.5, 0.6) is 0 Å². The molecule has 1 saturated carbocycles. The zero-order valence-electron chi connectivity index (χ0n) is 17.4. The third kappa shape index (κ3) is 3.99. The summed E-state index contributed by atoms with van der Waals surface area (Å²) in [5, 5.41) is 13.1. The van der Waals surface area contributed by atoms with Crippen molar-refractivity contribution in [3.05, 3.63) is 65.2 Å². The lowest BCUT2D eigenvalue weighted by Gasteiger charge is -2.43. The molecule has 0 radical (unpaired) electrons. The second-order valence-corrected chi connectivity index (χ2v) is 8.64. The quantitative estimate of drug-likeness (QED) is 0.641. The smallest absolute Gasteiger partial charge is 0.426 e. The average molecular weight is 447 g/mol. The van der Waals surface area contributed by atoms with Crippen LogP contribution in [-0.4, -0.2) is 28.8 Å². The van der Waals surface area contributed by atoms with Crippen molar-refractivity contribution >= 4 is 17.6 Å². The largest absolute Gasteiger partial charge is 0.457 e. The molecule has 0 spiro atoms. The van der Waals surface area contributed by atoms with E-state index in [2.05, 4.69) is 5.32 Å². The van der Waals surface area contributed by atoms with Crippen LogP contribution in [0.15, 0.2) is 48.5 Å². The summed E-state index contributed by atoms with van der Waals surface area (Å²) in [4.78, 5) is 24.5. The van der Waals surface area contributed by atoms with Gasteiger partial charge in [-0.1, -0.05) is 49.6 Å². The number of halogens is 3. The molecule has 2 aromatic carbocycles. The molecule has 1 aliphatic heterocycles. The highest BCUT2D eigenvalue weighted by Gasteiger charge is 2.62. The number of rotatable bonds is 5.